The van der Waals surface area contributed by atoms with E-state index < -0.39 is 0 Å². The van der Waals surface area contributed by atoms with Gasteiger partial charge >= 0.3 is 0 Å². The Hall–Kier alpha value is -2.47. The lowest BCUT2D eigenvalue weighted by molar-refractivity contribution is 0.259. The predicted octanol–water partition coefficient (Wildman–Crippen LogP) is 4.25. The Bertz CT molecular complexity index is 932. The van der Waals surface area contributed by atoms with Gasteiger partial charge in [0.05, 0.1) is 17.8 Å². The van der Waals surface area contributed by atoms with Crippen LogP contribution in [0.3, 0.4) is 0 Å². The van der Waals surface area contributed by atoms with E-state index in [1.54, 1.807) is 0 Å². The summed E-state index contributed by atoms with van der Waals surface area (Å²) in [4.78, 5) is 6.73. The highest BCUT2D eigenvalue weighted by Gasteiger charge is 2.22. The maximum absolute atomic E-state index is 5.46. The minimum Gasteiger partial charge on any atom is -0.338 e. The summed E-state index contributed by atoms with van der Waals surface area (Å²) in [5, 5.41) is 8.86. The maximum Gasteiger partial charge on any atom is 0.241 e. The van der Waals surface area contributed by atoms with Gasteiger partial charge in [0.15, 0.2) is 0 Å². The first kappa shape index (κ1) is 19.3. The molecule has 0 fully saturated rings. The van der Waals surface area contributed by atoms with Gasteiger partial charge in [0, 0.05) is 23.4 Å². The molecule has 0 bridgehead atoms. The molecule has 27 heavy (non-hydrogen) atoms. The van der Waals surface area contributed by atoms with Gasteiger partial charge in [0.1, 0.15) is 0 Å². The van der Waals surface area contributed by atoms with Crippen molar-refractivity contribution in [2.75, 3.05) is 7.05 Å². The summed E-state index contributed by atoms with van der Waals surface area (Å²) in [7, 11) is 2.06. The number of rotatable bonds is 5. The van der Waals surface area contributed by atoms with Crippen LogP contribution >= 0.6 is 0 Å². The minimum absolute atomic E-state index is 0.0269. The SMILES string of the molecule is Cc1cccc(-c2noc(CN(C)Cc3c(C)nn(C(C)(C)C)c3C)n2)c1. The quantitative estimate of drug-likeness (QED) is 0.675. The largest absolute Gasteiger partial charge is 0.338 e. The van der Waals surface area contributed by atoms with E-state index in [1.807, 2.05) is 12.1 Å². The molecule has 3 aromatic rings. The molecule has 0 N–H and O–H groups in total. The molecule has 0 unspecified atom stereocenters. The minimum atomic E-state index is -0.0269. The average Bonchev–Trinajstić information content (AvgIpc) is 3.14. The van der Waals surface area contributed by atoms with E-state index in [0.717, 1.165) is 17.8 Å². The molecule has 3 rings (SSSR count). The molecule has 144 valence electrons. The van der Waals surface area contributed by atoms with Gasteiger partial charge in [-0.05, 0) is 54.7 Å². The van der Waals surface area contributed by atoms with Gasteiger partial charge in [0.2, 0.25) is 11.7 Å². The van der Waals surface area contributed by atoms with Gasteiger partial charge in [-0.3, -0.25) is 9.58 Å². The van der Waals surface area contributed by atoms with Gasteiger partial charge in [-0.25, -0.2) is 0 Å². The summed E-state index contributed by atoms with van der Waals surface area (Å²) in [5.41, 5.74) is 5.66. The van der Waals surface area contributed by atoms with E-state index in [0.29, 0.717) is 18.3 Å². The first-order chi connectivity index (χ1) is 12.6. The summed E-state index contributed by atoms with van der Waals surface area (Å²) < 4.78 is 7.57. The van der Waals surface area contributed by atoms with Crippen LogP contribution in [0.2, 0.25) is 0 Å². The van der Waals surface area contributed by atoms with E-state index >= 15 is 0 Å². The molecule has 2 heterocycles. The molecule has 6 nitrogen and oxygen atoms in total. The van der Waals surface area contributed by atoms with E-state index in [1.165, 1.54) is 16.8 Å². The number of benzene rings is 1. The Labute approximate surface area is 161 Å². The first-order valence-corrected chi connectivity index (χ1v) is 9.29. The summed E-state index contributed by atoms with van der Waals surface area (Å²) in [6.45, 7) is 14.2. The molecule has 0 aliphatic heterocycles. The van der Waals surface area contributed by atoms with Crippen molar-refractivity contribution in [3.63, 3.8) is 0 Å². The molecule has 1 aromatic carbocycles. The predicted molar refractivity (Wildman–Crippen MR) is 106 cm³/mol. The molecule has 0 aliphatic rings. The number of aromatic nitrogens is 4. The maximum atomic E-state index is 5.46. The Kier molecular flexibility index (Phi) is 5.20. The Morgan fingerprint density at radius 2 is 1.85 bits per heavy atom. The number of nitrogens with zero attached hydrogens (tertiary/aromatic N) is 5. The molecule has 0 aliphatic carbocycles. The first-order valence-electron chi connectivity index (χ1n) is 9.29. The molecule has 0 saturated carbocycles. The standard InChI is InChI=1S/C21H29N5O/c1-14-9-8-10-17(11-14)20-22-19(27-24-20)13-25(7)12-18-15(2)23-26(16(18)3)21(4,5)6/h8-11H,12-13H2,1-7H3. The summed E-state index contributed by atoms with van der Waals surface area (Å²) >= 11 is 0. The van der Waals surface area contributed by atoms with Crippen molar-refractivity contribution in [3.05, 3.63) is 52.7 Å². The highest BCUT2D eigenvalue weighted by Crippen LogP contribution is 2.23. The Morgan fingerprint density at radius 1 is 1.11 bits per heavy atom. The molecule has 0 atom stereocenters. The smallest absolute Gasteiger partial charge is 0.241 e. The summed E-state index contributed by atoms with van der Waals surface area (Å²) in [5.74, 6) is 1.25. The van der Waals surface area contributed by atoms with Crippen molar-refractivity contribution < 1.29 is 4.52 Å². The highest BCUT2D eigenvalue weighted by molar-refractivity contribution is 5.55. The van der Waals surface area contributed by atoms with Crippen molar-refractivity contribution in [1.29, 1.82) is 0 Å². The van der Waals surface area contributed by atoms with E-state index in [9.17, 15) is 0 Å². The summed E-state index contributed by atoms with van der Waals surface area (Å²) in [6.07, 6.45) is 0. The monoisotopic (exact) mass is 367 g/mol. The Balaban J connectivity index is 1.72. The van der Waals surface area contributed by atoms with Gasteiger partial charge in [0.25, 0.3) is 0 Å². The van der Waals surface area contributed by atoms with Crippen molar-refractivity contribution in [2.24, 2.45) is 0 Å². The van der Waals surface area contributed by atoms with Crippen molar-refractivity contribution in [3.8, 4) is 11.4 Å². The van der Waals surface area contributed by atoms with Crippen LogP contribution in [-0.4, -0.2) is 31.9 Å². The molecule has 0 radical (unpaired) electrons. The zero-order valence-corrected chi connectivity index (χ0v) is 17.4. The second kappa shape index (κ2) is 7.27. The van der Waals surface area contributed by atoms with Crippen LogP contribution < -0.4 is 0 Å². The third-order valence-corrected chi connectivity index (χ3v) is 4.65. The highest BCUT2D eigenvalue weighted by atomic mass is 16.5. The van der Waals surface area contributed by atoms with Crippen LogP contribution in [-0.2, 0) is 18.6 Å². The third-order valence-electron chi connectivity index (χ3n) is 4.65. The fourth-order valence-electron chi connectivity index (χ4n) is 3.33. The lowest BCUT2D eigenvalue weighted by Crippen LogP contribution is -2.25. The van der Waals surface area contributed by atoms with E-state index in [4.69, 9.17) is 9.62 Å². The fraction of sp³-hybridized carbons (Fsp3) is 0.476. The molecular weight excluding hydrogens is 338 g/mol. The zero-order chi connectivity index (χ0) is 19.8. The van der Waals surface area contributed by atoms with Crippen LogP contribution in [0, 0.1) is 20.8 Å². The van der Waals surface area contributed by atoms with Crippen LogP contribution in [0.25, 0.3) is 11.4 Å². The molecule has 0 spiro atoms. The lowest BCUT2D eigenvalue weighted by atomic mass is 10.1. The molecule has 0 amide bonds. The molecule has 0 saturated heterocycles. The van der Waals surface area contributed by atoms with Crippen LogP contribution in [0.15, 0.2) is 28.8 Å². The van der Waals surface area contributed by atoms with Gasteiger partial charge in [-0.1, -0.05) is 28.9 Å². The van der Waals surface area contributed by atoms with Gasteiger partial charge < -0.3 is 4.52 Å². The summed E-state index contributed by atoms with van der Waals surface area (Å²) in [6, 6.07) is 8.12. The molecule has 6 heteroatoms. The third kappa shape index (κ3) is 4.27. The van der Waals surface area contributed by atoms with E-state index in [2.05, 4.69) is 80.4 Å². The molecule has 2 aromatic heterocycles. The van der Waals surface area contributed by atoms with Crippen LogP contribution in [0.1, 0.15) is 49.2 Å². The Morgan fingerprint density at radius 3 is 2.48 bits per heavy atom. The number of hydrogen-bond acceptors (Lipinski definition) is 5. The average molecular weight is 367 g/mol. The second-order valence-corrected chi connectivity index (χ2v) is 8.29. The van der Waals surface area contributed by atoms with E-state index in [-0.39, 0.29) is 5.54 Å². The second-order valence-electron chi connectivity index (χ2n) is 8.29. The number of aryl methyl sites for hydroxylation is 2. The molecular formula is C21H29N5O. The fourth-order valence-corrected chi connectivity index (χ4v) is 3.33. The topological polar surface area (TPSA) is 60.0 Å². The normalized spacial score (nSPS) is 12.1. The van der Waals surface area contributed by atoms with Crippen molar-refractivity contribution in [2.45, 2.75) is 60.2 Å². The van der Waals surface area contributed by atoms with Crippen LogP contribution in [0.4, 0.5) is 0 Å². The van der Waals surface area contributed by atoms with Crippen LogP contribution in [0.5, 0.6) is 0 Å². The van der Waals surface area contributed by atoms with Gasteiger partial charge in [-0.15, -0.1) is 0 Å². The van der Waals surface area contributed by atoms with Gasteiger partial charge in [-0.2, -0.15) is 10.1 Å². The zero-order valence-electron chi connectivity index (χ0n) is 17.4. The van der Waals surface area contributed by atoms with Crippen molar-refractivity contribution >= 4 is 0 Å². The number of hydrogen-bond donors (Lipinski definition) is 0. The lowest BCUT2D eigenvalue weighted by Gasteiger charge is -2.22. The van der Waals surface area contributed by atoms with Crippen molar-refractivity contribution in [1.82, 2.24) is 24.8 Å².